The molecule has 0 bridgehead atoms. The van der Waals surface area contributed by atoms with E-state index >= 15 is 0 Å². The molecule has 0 amide bonds. The Labute approximate surface area is 354 Å². The average Bonchev–Trinajstić information content (AvgIpc) is 3.64. The van der Waals surface area contributed by atoms with E-state index in [1.807, 2.05) is 18.2 Å². The fraction of sp³-hybridized carbons (Fsp3) is 0.0172. The summed E-state index contributed by atoms with van der Waals surface area (Å²) in [6, 6.07) is 80.5. The van der Waals surface area contributed by atoms with Crippen LogP contribution in [0, 0.1) is 0 Å². The fourth-order valence-corrected chi connectivity index (χ4v) is 10.0. The standard InChI is InChI=1S/C58H37N3/c1-5-20-39(21-6-1)52-47-30-15-16-31-48(47)54(53-44-28-14-13-19-38(44)33-36-49(52)53)57-60-55(40-22-7-2-8-23-40)59-56(61-57)41-34-35-46-45-29-17-18-32-50(45)58(51(46)37-41,42-24-9-3-10-25-42)43-26-11-4-12-27-43/h1-37H. The molecule has 10 aromatic carbocycles. The minimum Gasteiger partial charge on any atom is -0.208 e. The summed E-state index contributed by atoms with van der Waals surface area (Å²) in [6.45, 7) is 0. The van der Waals surface area contributed by atoms with Gasteiger partial charge in [-0.2, -0.15) is 0 Å². The zero-order valence-corrected chi connectivity index (χ0v) is 33.2. The van der Waals surface area contributed by atoms with Crippen molar-refractivity contribution in [3.63, 3.8) is 0 Å². The molecule has 0 radical (unpaired) electrons. The quantitative estimate of drug-likeness (QED) is 0.125. The van der Waals surface area contributed by atoms with Gasteiger partial charge < -0.3 is 0 Å². The third-order valence-corrected chi connectivity index (χ3v) is 12.6. The van der Waals surface area contributed by atoms with E-state index in [0.29, 0.717) is 17.5 Å². The summed E-state index contributed by atoms with van der Waals surface area (Å²) in [5, 5.41) is 6.86. The van der Waals surface area contributed by atoms with Crippen LogP contribution in [0.3, 0.4) is 0 Å². The molecule has 0 spiro atoms. The lowest BCUT2D eigenvalue weighted by Gasteiger charge is -2.34. The van der Waals surface area contributed by atoms with Crippen molar-refractivity contribution in [3.8, 4) is 56.4 Å². The van der Waals surface area contributed by atoms with Crippen molar-refractivity contribution in [1.82, 2.24) is 15.0 Å². The van der Waals surface area contributed by atoms with Gasteiger partial charge in [0.2, 0.25) is 0 Å². The molecule has 3 nitrogen and oxygen atoms in total. The van der Waals surface area contributed by atoms with Crippen LogP contribution in [0.5, 0.6) is 0 Å². The van der Waals surface area contributed by atoms with Crippen molar-refractivity contribution in [2.75, 3.05) is 0 Å². The smallest absolute Gasteiger partial charge is 0.165 e. The predicted octanol–water partition coefficient (Wildman–Crippen LogP) is 14.4. The Balaban J connectivity index is 1.18. The van der Waals surface area contributed by atoms with Crippen LogP contribution < -0.4 is 0 Å². The molecule has 0 aliphatic heterocycles. The largest absolute Gasteiger partial charge is 0.208 e. The molecule has 0 atom stereocenters. The summed E-state index contributed by atoms with van der Waals surface area (Å²) in [7, 11) is 0. The molecule has 61 heavy (non-hydrogen) atoms. The minimum absolute atomic E-state index is 0.554. The number of aromatic nitrogens is 3. The zero-order chi connectivity index (χ0) is 40.3. The van der Waals surface area contributed by atoms with E-state index in [1.54, 1.807) is 0 Å². The van der Waals surface area contributed by atoms with Gasteiger partial charge in [-0.3, -0.25) is 0 Å². The summed E-state index contributed by atoms with van der Waals surface area (Å²) in [5.74, 6) is 1.90. The SMILES string of the molecule is c1ccc(-c2nc(-c3ccc4c(c3)C(c3ccccc3)(c3ccccc3)c3ccccc3-4)nc(-c3c4ccccc4c(-c4ccccc4)c4ccc5ccccc5c34)n2)cc1. The van der Waals surface area contributed by atoms with Crippen LogP contribution in [0.15, 0.2) is 224 Å². The van der Waals surface area contributed by atoms with Gasteiger partial charge in [0.05, 0.1) is 5.41 Å². The normalized spacial score (nSPS) is 12.7. The highest BCUT2D eigenvalue weighted by Crippen LogP contribution is 2.56. The first-order chi connectivity index (χ1) is 30.3. The van der Waals surface area contributed by atoms with E-state index in [2.05, 4.69) is 206 Å². The predicted molar refractivity (Wildman–Crippen MR) is 251 cm³/mol. The first-order valence-electron chi connectivity index (χ1n) is 20.9. The molecule has 1 aromatic heterocycles. The van der Waals surface area contributed by atoms with Crippen LogP contribution in [0.25, 0.3) is 88.7 Å². The van der Waals surface area contributed by atoms with Crippen LogP contribution in [0.4, 0.5) is 0 Å². The highest BCUT2D eigenvalue weighted by molar-refractivity contribution is 6.27. The first-order valence-corrected chi connectivity index (χ1v) is 20.9. The van der Waals surface area contributed by atoms with Crippen LogP contribution in [0.2, 0.25) is 0 Å². The number of hydrogen-bond acceptors (Lipinski definition) is 3. The van der Waals surface area contributed by atoms with Crippen molar-refractivity contribution in [1.29, 1.82) is 0 Å². The van der Waals surface area contributed by atoms with E-state index in [9.17, 15) is 0 Å². The molecule has 12 rings (SSSR count). The van der Waals surface area contributed by atoms with Crippen molar-refractivity contribution >= 4 is 32.3 Å². The van der Waals surface area contributed by atoms with E-state index in [4.69, 9.17) is 15.0 Å². The third kappa shape index (κ3) is 5.41. The second-order valence-corrected chi connectivity index (χ2v) is 15.8. The molecule has 1 heterocycles. The lowest BCUT2D eigenvalue weighted by atomic mass is 9.67. The van der Waals surface area contributed by atoms with E-state index in [0.717, 1.165) is 43.6 Å². The second-order valence-electron chi connectivity index (χ2n) is 15.8. The van der Waals surface area contributed by atoms with Crippen molar-refractivity contribution in [2.24, 2.45) is 0 Å². The Morgan fingerprint density at radius 3 is 1.49 bits per heavy atom. The Hall–Kier alpha value is -8.01. The maximum atomic E-state index is 5.55. The molecule has 0 unspecified atom stereocenters. The van der Waals surface area contributed by atoms with Crippen LogP contribution in [-0.4, -0.2) is 15.0 Å². The number of hydrogen-bond donors (Lipinski definition) is 0. The van der Waals surface area contributed by atoms with Crippen molar-refractivity contribution in [2.45, 2.75) is 5.41 Å². The number of nitrogens with zero attached hydrogens (tertiary/aromatic N) is 3. The van der Waals surface area contributed by atoms with Crippen molar-refractivity contribution in [3.05, 3.63) is 247 Å². The van der Waals surface area contributed by atoms with Gasteiger partial charge in [0.1, 0.15) is 0 Å². The molecule has 1 aliphatic rings. The Morgan fingerprint density at radius 1 is 0.295 bits per heavy atom. The van der Waals surface area contributed by atoms with Crippen molar-refractivity contribution < 1.29 is 0 Å². The molecule has 0 saturated heterocycles. The Morgan fingerprint density at radius 2 is 0.803 bits per heavy atom. The molecule has 284 valence electrons. The van der Waals surface area contributed by atoms with Gasteiger partial charge in [0.15, 0.2) is 17.5 Å². The molecule has 1 aliphatic carbocycles. The Kier molecular flexibility index (Phi) is 8.07. The van der Waals surface area contributed by atoms with E-state index < -0.39 is 5.41 Å². The van der Waals surface area contributed by atoms with Gasteiger partial charge in [-0.15, -0.1) is 0 Å². The first kappa shape index (κ1) is 35.0. The van der Waals surface area contributed by atoms with Gasteiger partial charge in [0, 0.05) is 22.1 Å². The second kappa shape index (κ2) is 14.1. The van der Waals surface area contributed by atoms with Gasteiger partial charge in [-0.25, -0.2) is 15.0 Å². The number of fused-ring (bicyclic) bond motifs is 7. The monoisotopic (exact) mass is 775 g/mol. The highest BCUT2D eigenvalue weighted by Gasteiger charge is 2.46. The van der Waals surface area contributed by atoms with Gasteiger partial charge in [0.25, 0.3) is 0 Å². The third-order valence-electron chi connectivity index (χ3n) is 12.6. The Bertz CT molecular complexity index is 3410. The van der Waals surface area contributed by atoms with Crippen LogP contribution in [-0.2, 0) is 5.41 Å². The molecule has 11 aromatic rings. The minimum atomic E-state index is -0.554. The van der Waals surface area contributed by atoms with Crippen LogP contribution in [0.1, 0.15) is 22.3 Å². The molecule has 0 saturated carbocycles. The van der Waals surface area contributed by atoms with Gasteiger partial charge in [-0.05, 0) is 77.5 Å². The summed E-state index contributed by atoms with van der Waals surface area (Å²) < 4.78 is 0. The summed E-state index contributed by atoms with van der Waals surface area (Å²) in [6.07, 6.45) is 0. The molecular weight excluding hydrogens is 739 g/mol. The topological polar surface area (TPSA) is 38.7 Å². The van der Waals surface area contributed by atoms with Gasteiger partial charge >= 0.3 is 0 Å². The number of rotatable bonds is 6. The maximum Gasteiger partial charge on any atom is 0.165 e. The molecular formula is C58H37N3. The zero-order valence-electron chi connectivity index (χ0n) is 33.2. The lowest BCUT2D eigenvalue weighted by Crippen LogP contribution is -2.28. The average molecular weight is 776 g/mol. The van der Waals surface area contributed by atoms with Crippen LogP contribution >= 0.6 is 0 Å². The summed E-state index contributed by atoms with van der Waals surface area (Å²) >= 11 is 0. The molecule has 0 N–H and O–H groups in total. The van der Waals surface area contributed by atoms with Gasteiger partial charge in [-0.1, -0.05) is 218 Å². The summed E-state index contributed by atoms with van der Waals surface area (Å²) in [4.78, 5) is 16.3. The van der Waals surface area contributed by atoms with E-state index in [-0.39, 0.29) is 0 Å². The lowest BCUT2D eigenvalue weighted by molar-refractivity contribution is 0.768. The van der Waals surface area contributed by atoms with E-state index in [1.165, 1.54) is 49.9 Å². The maximum absolute atomic E-state index is 5.55. The molecule has 3 heteroatoms. The fourth-order valence-electron chi connectivity index (χ4n) is 10.0. The number of benzene rings is 10. The summed E-state index contributed by atoms with van der Waals surface area (Å²) in [5.41, 5.74) is 12.0. The molecule has 0 fully saturated rings. The highest BCUT2D eigenvalue weighted by atomic mass is 15.0.